The third-order valence-corrected chi connectivity index (χ3v) is 6.20. The van der Waals surface area contributed by atoms with Gasteiger partial charge in [0.05, 0.1) is 19.6 Å². The summed E-state index contributed by atoms with van der Waals surface area (Å²) in [4.78, 5) is 31.5. The van der Waals surface area contributed by atoms with Crippen molar-refractivity contribution >= 4 is 11.2 Å². The normalized spacial score (nSPS) is 22.0. The molecule has 7 nitrogen and oxygen atoms in total. The van der Waals surface area contributed by atoms with Crippen LogP contribution in [0.2, 0.25) is 0 Å². The predicted octanol–water partition coefficient (Wildman–Crippen LogP) is 0.682. The number of nitrogens with zero attached hydrogens (tertiary/aromatic N) is 4. The molecule has 0 aliphatic carbocycles. The van der Waals surface area contributed by atoms with Crippen LogP contribution in [0.15, 0.2) is 33.9 Å². The number of nitrogens with one attached hydrogen (secondary N) is 1. The predicted molar refractivity (Wildman–Crippen MR) is 113 cm³/mol. The number of rotatable bonds is 4. The molecule has 2 aromatic heterocycles. The van der Waals surface area contributed by atoms with Crippen molar-refractivity contribution in [2.45, 2.75) is 33.4 Å². The minimum absolute atomic E-state index is 0.199. The Morgan fingerprint density at radius 1 is 1.10 bits per heavy atom. The van der Waals surface area contributed by atoms with Crippen LogP contribution in [0.5, 0.6) is 0 Å². The van der Waals surface area contributed by atoms with Gasteiger partial charge in [0, 0.05) is 31.5 Å². The molecular weight excluding hydrogens is 385 g/mol. The number of halogens is 1. The molecule has 0 saturated carbocycles. The highest BCUT2D eigenvalue weighted by Crippen LogP contribution is 2.17. The van der Waals surface area contributed by atoms with Gasteiger partial charge in [0.2, 0.25) is 0 Å². The molecule has 0 bridgehead atoms. The first kappa shape index (κ1) is 20.5. The minimum atomic E-state index is -0.415. The summed E-state index contributed by atoms with van der Waals surface area (Å²) in [5.74, 6) is 1.62. The summed E-state index contributed by atoms with van der Waals surface area (Å²) in [7, 11) is 3.08. The third kappa shape index (κ3) is 3.60. The van der Waals surface area contributed by atoms with E-state index in [1.54, 1.807) is 29.8 Å². The van der Waals surface area contributed by atoms with E-state index >= 15 is 0 Å². The van der Waals surface area contributed by atoms with E-state index < -0.39 is 11.2 Å². The molecule has 0 radical (unpaired) electrons. The van der Waals surface area contributed by atoms with E-state index in [4.69, 9.17) is 4.98 Å². The Morgan fingerprint density at radius 2 is 1.77 bits per heavy atom. The molecule has 3 heterocycles. The fourth-order valence-electron chi connectivity index (χ4n) is 4.88. The van der Waals surface area contributed by atoms with Gasteiger partial charge in [-0.25, -0.2) is 14.2 Å². The van der Waals surface area contributed by atoms with Crippen LogP contribution >= 0.6 is 0 Å². The molecule has 1 aliphatic rings. The second kappa shape index (κ2) is 7.83. The summed E-state index contributed by atoms with van der Waals surface area (Å²) in [6, 6.07) is 6.57. The van der Waals surface area contributed by atoms with Crippen molar-refractivity contribution in [2.24, 2.45) is 25.9 Å². The molecule has 8 heteroatoms. The molecule has 0 amide bonds. The van der Waals surface area contributed by atoms with Gasteiger partial charge in [0.25, 0.3) is 5.56 Å². The SMILES string of the molecule is C[C@@H]1C[C@@H](C)C[NH+](Cc2nc3c(c(=O)n(C)c(=O)n3C)n2Cc2ccccc2F)C1. The fraction of sp³-hybridized carbons (Fsp3) is 0.500. The quantitative estimate of drug-likeness (QED) is 0.683. The number of hydrogen-bond donors (Lipinski definition) is 1. The molecule has 30 heavy (non-hydrogen) atoms. The number of quaternary nitrogens is 1. The van der Waals surface area contributed by atoms with E-state index in [-0.39, 0.29) is 12.4 Å². The molecule has 4 rings (SSSR count). The molecular formula is C22H29FN5O2+. The smallest absolute Gasteiger partial charge is 0.328 e. The van der Waals surface area contributed by atoms with Crippen LogP contribution in [0.1, 0.15) is 31.7 Å². The Bertz CT molecular complexity index is 1200. The van der Waals surface area contributed by atoms with Crippen molar-refractivity contribution in [2.75, 3.05) is 13.1 Å². The molecule has 1 fully saturated rings. The van der Waals surface area contributed by atoms with Gasteiger partial charge >= 0.3 is 5.69 Å². The summed E-state index contributed by atoms with van der Waals surface area (Å²) in [6.07, 6.45) is 1.21. The summed E-state index contributed by atoms with van der Waals surface area (Å²) in [5, 5.41) is 0. The standard InChI is InChI=1S/C22H28FN5O2/c1-14-9-15(2)11-27(10-14)13-18-24-20-19(21(29)26(4)22(30)25(20)3)28(18)12-16-7-5-6-8-17(16)23/h5-8,14-15H,9-13H2,1-4H3/p+1/t14-,15-/m1/s1. The monoisotopic (exact) mass is 414 g/mol. The average molecular weight is 415 g/mol. The Labute approximate surface area is 174 Å². The van der Waals surface area contributed by atoms with Crippen molar-refractivity contribution in [3.8, 4) is 0 Å². The van der Waals surface area contributed by atoms with Crippen LogP contribution in [0.4, 0.5) is 4.39 Å². The molecule has 1 N–H and O–H groups in total. The number of imidazole rings is 1. The number of benzene rings is 1. The van der Waals surface area contributed by atoms with Crippen molar-refractivity contribution in [3.63, 3.8) is 0 Å². The Morgan fingerprint density at radius 3 is 2.43 bits per heavy atom. The number of piperidine rings is 1. The molecule has 1 aromatic carbocycles. The van der Waals surface area contributed by atoms with Gasteiger partial charge in [-0.15, -0.1) is 0 Å². The second-order valence-corrected chi connectivity index (χ2v) is 8.86. The van der Waals surface area contributed by atoms with E-state index in [1.165, 1.54) is 29.0 Å². The van der Waals surface area contributed by atoms with E-state index in [0.29, 0.717) is 40.9 Å². The molecule has 0 unspecified atom stereocenters. The van der Waals surface area contributed by atoms with Crippen LogP contribution in [0.3, 0.4) is 0 Å². The first-order chi connectivity index (χ1) is 14.3. The molecule has 3 aromatic rings. The summed E-state index contributed by atoms with van der Waals surface area (Å²) < 4.78 is 18.7. The fourth-order valence-corrected chi connectivity index (χ4v) is 4.88. The van der Waals surface area contributed by atoms with Gasteiger partial charge in [-0.3, -0.25) is 13.9 Å². The van der Waals surface area contributed by atoms with E-state index in [0.717, 1.165) is 17.7 Å². The Hall–Kier alpha value is -2.74. The summed E-state index contributed by atoms with van der Waals surface area (Å²) >= 11 is 0. The van der Waals surface area contributed by atoms with Gasteiger partial charge in [0.15, 0.2) is 17.0 Å². The maximum Gasteiger partial charge on any atom is 0.332 e. The molecule has 2 atom stereocenters. The zero-order valence-electron chi connectivity index (χ0n) is 18.0. The number of fused-ring (bicyclic) bond motifs is 1. The van der Waals surface area contributed by atoms with Crippen molar-refractivity contribution in [3.05, 3.63) is 62.3 Å². The lowest BCUT2D eigenvalue weighted by molar-refractivity contribution is -0.926. The lowest BCUT2D eigenvalue weighted by Crippen LogP contribution is -3.13. The van der Waals surface area contributed by atoms with Gasteiger partial charge < -0.3 is 9.47 Å². The zero-order valence-corrected chi connectivity index (χ0v) is 18.0. The minimum Gasteiger partial charge on any atom is -0.328 e. The topological polar surface area (TPSA) is 66.3 Å². The number of likely N-dealkylation sites (tertiary alicyclic amines) is 1. The van der Waals surface area contributed by atoms with Crippen LogP contribution in [0, 0.1) is 17.7 Å². The summed E-state index contributed by atoms with van der Waals surface area (Å²) in [6.45, 7) is 7.42. The first-order valence-corrected chi connectivity index (χ1v) is 10.5. The largest absolute Gasteiger partial charge is 0.332 e. The van der Waals surface area contributed by atoms with Crippen molar-refractivity contribution in [1.29, 1.82) is 0 Å². The van der Waals surface area contributed by atoms with Gasteiger partial charge in [-0.1, -0.05) is 32.0 Å². The molecule has 1 saturated heterocycles. The van der Waals surface area contributed by atoms with Gasteiger partial charge in [-0.2, -0.15) is 0 Å². The van der Waals surface area contributed by atoms with E-state index in [1.807, 2.05) is 0 Å². The molecule has 0 spiro atoms. The maximum atomic E-state index is 14.4. The second-order valence-electron chi connectivity index (χ2n) is 8.86. The van der Waals surface area contributed by atoms with Crippen molar-refractivity contribution < 1.29 is 9.29 Å². The molecule has 160 valence electrons. The van der Waals surface area contributed by atoms with Crippen LogP contribution < -0.4 is 16.1 Å². The highest BCUT2D eigenvalue weighted by atomic mass is 19.1. The van der Waals surface area contributed by atoms with E-state index in [9.17, 15) is 14.0 Å². The number of aryl methyl sites for hydroxylation is 1. The zero-order chi connectivity index (χ0) is 21.6. The first-order valence-electron chi connectivity index (χ1n) is 10.5. The maximum absolute atomic E-state index is 14.4. The van der Waals surface area contributed by atoms with Gasteiger partial charge in [0.1, 0.15) is 12.4 Å². The highest BCUT2D eigenvalue weighted by Gasteiger charge is 2.28. The van der Waals surface area contributed by atoms with E-state index in [2.05, 4.69) is 13.8 Å². The average Bonchev–Trinajstić information content (AvgIpc) is 3.04. The third-order valence-electron chi connectivity index (χ3n) is 6.20. The Kier molecular flexibility index (Phi) is 5.36. The van der Waals surface area contributed by atoms with Crippen LogP contribution in [0.25, 0.3) is 11.2 Å². The van der Waals surface area contributed by atoms with Crippen molar-refractivity contribution in [1.82, 2.24) is 18.7 Å². The summed E-state index contributed by atoms with van der Waals surface area (Å²) in [5.41, 5.74) is 0.368. The van der Waals surface area contributed by atoms with Crippen LogP contribution in [-0.4, -0.2) is 31.8 Å². The highest BCUT2D eigenvalue weighted by molar-refractivity contribution is 5.71. The number of hydrogen-bond acceptors (Lipinski definition) is 3. The Balaban J connectivity index is 1.87. The van der Waals surface area contributed by atoms with Gasteiger partial charge in [-0.05, 0) is 12.5 Å². The number of aromatic nitrogens is 4. The lowest BCUT2D eigenvalue weighted by atomic mass is 9.92. The van der Waals surface area contributed by atoms with Crippen LogP contribution in [-0.2, 0) is 27.2 Å². The lowest BCUT2D eigenvalue weighted by Gasteiger charge is -2.31. The molecule has 1 aliphatic heterocycles.